The van der Waals surface area contributed by atoms with E-state index in [2.05, 4.69) is 58.2 Å². The Balaban J connectivity index is 2.17. The van der Waals surface area contributed by atoms with Crippen LogP contribution in [0.1, 0.15) is 45.2 Å². The summed E-state index contributed by atoms with van der Waals surface area (Å²) < 4.78 is 1.13. The van der Waals surface area contributed by atoms with Gasteiger partial charge in [0.05, 0.1) is 6.10 Å². The van der Waals surface area contributed by atoms with Crippen molar-refractivity contribution in [2.45, 2.75) is 45.8 Å². The molecule has 1 heterocycles. The lowest BCUT2D eigenvalue weighted by atomic mass is 9.91. The maximum absolute atomic E-state index is 9.75. The van der Waals surface area contributed by atoms with Gasteiger partial charge < -0.3 is 15.3 Å². The highest BCUT2D eigenvalue weighted by molar-refractivity contribution is 9.10. The van der Waals surface area contributed by atoms with Gasteiger partial charge >= 0.3 is 0 Å². The molecule has 21 heavy (non-hydrogen) atoms. The lowest BCUT2D eigenvalue weighted by Gasteiger charge is -2.36. The number of nitrogens with one attached hydrogen (secondary N) is 1. The Morgan fingerprint density at radius 2 is 2.00 bits per heavy atom. The fourth-order valence-electron chi connectivity index (χ4n) is 3.20. The summed E-state index contributed by atoms with van der Waals surface area (Å²) in [6.07, 6.45) is 1.95. The van der Waals surface area contributed by atoms with Gasteiger partial charge in [-0.05, 0) is 56.8 Å². The summed E-state index contributed by atoms with van der Waals surface area (Å²) in [6.45, 7) is 9.30. The van der Waals surface area contributed by atoms with Gasteiger partial charge in [-0.2, -0.15) is 0 Å². The van der Waals surface area contributed by atoms with Gasteiger partial charge in [-0.3, -0.25) is 0 Å². The number of piperidine rings is 1. The second-order valence-corrected chi connectivity index (χ2v) is 6.96. The van der Waals surface area contributed by atoms with Crippen LogP contribution in [0.25, 0.3) is 0 Å². The molecular formula is C17H27BrN2O. The van der Waals surface area contributed by atoms with Gasteiger partial charge in [-0.1, -0.05) is 28.9 Å². The molecule has 0 aliphatic carbocycles. The van der Waals surface area contributed by atoms with Gasteiger partial charge in [-0.25, -0.2) is 0 Å². The zero-order chi connectivity index (χ0) is 15.4. The zero-order valence-electron chi connectivity index (χ0n) is 13.3. The summed E-state index contributed by atoms with van der Waals surface area (Å²) >= 11 is 3.60. The van der Waals surface area contributed by atoms with E-state index in [4.69, 9.17) is 0 Å². The smallest absolute Gasteiger partial charge is 0.0541 e. The van der Waals surface area contributed by atoms with Gasteiger partial charge in [0.1, 0.15) is 0 Å². The Labute approximate surface area is 136 Å². The first-order chi connectivity index (χ1) is 10.0. The average molecular weight is 355 g/mol. The maximum Gasteiger partial charge on any atom is 0.0541 e. The summed E-state index contributed by atoms with van der Waals surface area (Å²) in [7, 11) is 0. The van der Waals surface area contributed by atoms with E-state index in [1.54, 1.807) is 0 Å². The van der Waals surface area contributed by atoms with E-state index in [1.807, 2.05) is 6.92 Å². The van der Waals surface area contributed by atoms with Gasteiger partial charge in [0.2, 0.25) is 0 Å². The van der Waals surface area contributed by atoms with Crippen molar-refractivity contribution < 1.29 is 5.11 Å². The summed E-state index contributed by atoms with van der Waals surface area (Å²) in [5.41, 5.74) is 2.68. The molecule has 3 nitrogen and oxygen atoms in total. The molecular weight excluding hydrogens is 328 g/mol. The number of anilines is 1. The Morgan fingerprint density at radius 1 is 1.33 bits per heavy atom. The predicted molar refractivity (Wildman–Crippen MR) is 92.9 cm³/mol. The van der Waals surface area contributed by atoms with Crippen LogP contribution >= 0.6 is 15.9 Å². The molecule has 4 heteroatoms. The standard InChI is InChI=1S/C17H27BrN2O/c1-4-19-12(2)16-6-5-15(18)11-17(16)20-9-7-14(8-10-20)13(3)21/h5-6,11-14,19,21H,4,7-10H2,1-3H3. The first-order valence-electron chi connectivity index (χ1n) is 7.98. The van der Waals surface area contributed by atoms with Gasteiger partial charge in [0, 0.05) is 29.3 Å². The van der Waals surface area contributed by atoms with Crippen LogP contribution < -0.4 is 10.2 Å². The normalized spacial score (nSPS) is 19.6. The summed E-state index contributed by atoms with van der Waals surface area (Å²) in [4.78, 5) is 2.47. The van der Waals surface area contributed by atoms with E-state index in [0.717, 1.165) is 36.9 Å². The maximum atomic E-state index is 9.75. The third kappa shape index (κ3) is 4.21. The number of hydrogen-bond acceptors (Lipinski definition) is 3. The van der Waals surface area contributed by atoms with Crippen LogP contribution in [0.4, 0.5) is 5.69 Å². The molecule has 0 radical (unpaired) electrons. The van der Waals surface area contributed by atoms with Crippen LogP contribution in [0.15, 0.2) is 22.7 Å². The van der Waals surface area contributed by atoms with Crippen molar-refractivity contribution >= 4 is 21.6 Å². The Kier molecular flexibility index (Phi) is 6.08. The second kappa shape index (κ2) is 7.61. The molecule has 1 aromatic rings. The number of hydrogen-bond donors (Lipinski definition) is 2. The van der Waals surface area contributed by atoms with E-state index < -0.39 is 0 Å². The number of nitrogens with zero attached hydrogens (tertiary/aromatic N) is 1. The molecule has 2 N–H and O–H groups in total. The van der Waals surface area contributed by atoms with E-state index in [-0.39, 0.29) is 6.10 Å². The van der Waals surface area contributed by atoms with Crippen molar-refractivity contribution in [1.29, 1.82) is 0 Å². The molecule has 118 valence electrons. The summed E-state index contributed by atoms with van der Waals surface area (Å²) in [5, 5.41) is 13.3. The molecule has 1 aliphatic rings. The highest BCUT2D eigenvalue weighted by Crippen LogP contribution is 2.33. The van der Waals surface area contributed by atoms with Crippen molar-refractivity contribution in [3.8, 4) is 0 Å². The molecule has 1 aromatic carbocycles. The van der Waals surface area contributed by atoms with Crippen LogP contribution in [0, 0.1) is 5.92 Å². The Hall–Kier alpha value is -0.580. The molecule has 0 saturated carbocycles. The van der Waals surface area contributed by atoms with Crippen LogP contribution in [0.5, 0.6) is 0 Å². The quantitative estimate of drug-likeness (QED) is 0.845. The Morgan fingerprint density at radius 3 is 2.57 bits per heavy atom. The minimum Gasteiger partial charge on any atom is -0.393 e. The third-order valence-electron chi connectivity index (χ3n) is 4.53. The SMILES string of the molecule is CCNC(C)c1ccc(Br)cc1N1CCC(C(C)O)CC1. The van der Waals surface area contributed by atoms with Gasteiger partial charge in [-0.15, -0.1) is 0 Å². The minimum absolute atomic E-state index is 0.185. The van der Waals surface area contributed by atoms with Crippen molar-refractivity contribution in [1.82, 2.24) is 5.32 Å². The molecule has 0 bridgehead atoms. The first-order valence-corrected chi connectivity index (χ1v) is 8.78. The number of rotatable bonds is 5. The summed E-state index contributed by atoms with van der Waals surface area (Å²) in [5.74, 6) is 0.447. The zero-order valence-corrected chi connectivity index (χ0v) is 14.9. The molecule has 2 unspecified atom stereocenters. The average Bonchev–Trinajstić information content (AvgIpc) is 2.47. The minimum atomic E-state index is -0.185. The number of aliphatic hydroxyl groups excluding tert-OH is 1. The largest absolute Gasteiger partial charge is 0.393 e. The predicted octanol–water partition coefficient (Wildman–Crippen LogP) is 3.72. The lowest BCUT2D eigenvalue weighted by molar-refractivity contribution is 0.110. The van der Waals surface area contributed by atoms with E-state index in [0.29, 0.717) is 12.0 Å². The highest BCUT2D eigenvalue weighted by Gasteiger charge is 2.24. The third-order valence-corrected chi connectivity index (χ3v) is 5.03. The van der Waals surface area contributed by atoms with Crippen LogP contribution in [0.2, 0.25) is 0 Å². The molecule has 1 saturated heterocycles. The first kappa shape index (κ1) is 16.8. The van der Waals surface area contributed by atoms with Gasteiger partial charge in [0.25, 0.3) is 0 Å². The van der Waals surface area contributed by atoms with Crippen molar-refractivity contribution in [2.24, 2.45) is 5.92 Å². The lowest BCUT2D eigenvalue weighted by Crippen LogP contribution is -2.38. The van der Waals surface area contributed by atoms with Crippen molar-refractivity contribution in [2.75, 3.05) is 24.5 Å². The number of halogens is 1. The van der Waals surface area contributed by atoms with E-state index in [9.17, 15) is 5.11 Å². The van der Waals surface area contributed by atoms with Crippen LogP contribution in [0.3, 0.4) is 0 Å². The molecule has 0 amide bonds. The number of aliphatic hydroxyl groups is 1. The van der Waals surface area contributed by atoms with Crippen LogP contribution in [-0.2, 0) is 0 Å². The van der Waals surface area contributed by atoms with E-state index >= 15 is 0 Å². The fraction of sp³-hybridized carbons (Fsp3) is 0.647. The van der Waals surface area contributed by atoms with Crippen molar-refractivity contribution in [3.05, 3.63) is 28.2 Å². The van der Waals surface area contributed by atoms with Crippen LogP contribution in [-0.4, -0.2) is 30.8 Å². The van der Waals surface area contributed by atoms with Crippen molar-refractivity contribution in [3.63, 3.8) is 0 Å². The molecule has 0 aromatic heterocycles. The van der Waals surface area contributed by atoms with Gasteiger partial charge in [0.15, 0.2) is 0 Å². The highest BCUT2D eigenvalue weighted by atomic mass is 79.9. The molecule has 1 aliphatic heterocycles. The molecule has 2 atom stereocenters. The molecule has 1 fully saturated rings. The van der Waals surface area contributed by atoms with E-state index in [1.165, 1.54) is 11.3 Å². The number of benzene rings is 1. The topological polar surface area (TPSA) is 35.5 Å². The monoisotopic (exact) mass is 354 g/mol. The molecule has 0 spiro atoms. The second-order valence-electron chi connectivity index (χ2n) is 6.05. The summed E-state index contributed by atoms with van der Waals surface area (Å²) in [6, 6.07) is 6.92. The molecule has 2 rings (SSSR count). The Bertz CT molecular complexity index is 456. The fourth-order valence-corrected chi connectivity index (χ4v) is 3.54.